The average Bonchev–Trinajstić information content (AvgIpc) is 2.42. The summed E-state index contributed by atoms with van der Waals surface area (Å²) >= 11 is 4.92. The number of aliphatic imine (C=N–C) groups is 1. The molecule has 4 nitrogen and oxygen atoms in total. The third-order valence-corrected chi connectivity index (χ3v) is 3.92. The predicted octanol–water partition coefficient (Wildman–Crippen LogP) is -1.47. The van der Waals surface area contributed by atoms with E-state index in [1.165, 1.54) is 4.90 Å². The van der Waals surface area contributed by atoms with Gasteiger partial charge in [-0.05, 0) is 23.6 Å². The van der Waals surface area contributed by atoms with E-state index >= 15 is 0 Å². The zero-order valence-corrected chi connectivity index (χ0v) is 14.7. The van der Waals surface area contributed by atoms with Crippen molar-refractivity contribution in [2.45, 2.75) is 19.8 Å². The van der Waals surface area contributed by atoms with Crippen LogP contribution in [-0.4, -0.2) is 28.9 Å². The number of carbonyl (C=O) groups is 2. The van der Waals surface area contributed by atoms with Crippen LogP contribution >= 0.6 is 0 Å². The van der Waals surface area contributed by atoms with Gasteiger partial charge in [0.25, 0.3) is 5.91 Å². The number of amides is 2. The molecule has 1 aromatic carbocycles. The van der Waals surface area contributed by atoms with Gasteiger partial charge in [0.15, 0.2) is 0 Å². The Morgan fingerprint density at radius 3 is 2.40 bits per heavy atom. The van der Waals surface area contributed by atoms with Crippen molar-refractivity contribution in [1.29, 1.82) is 0 Å². The number of carbonyl (C=O) groups excluding carboxylic acids is 2. The number of hydrogen-bond donors (Lipinski definition) is 0. The predicted molar refractivity (Wildman–Crippen MR) is 75.4 cm³/mol. The van der Waals surface area contributed by atoms with Crippen LogP contribution in [0.25, 0.3) is 0 Å². The molecule has 100 valence electrons. The van der Waals surface area contributed by atoms with Crippen LogP contribution in [0.15, 0.2) is 35.3 Å². The Balaban J connectivity index is 0.00000200. The van der Waals surface area contributed by atoms with E-state index in [4.69, 9.17) is 12.6 Å². The van der Waals surface area contributed by atoms with Gasteiger partial charge >= 0.3 is 29.6 Å². The summed E-state index contributed by atoms with van der Waals surface area (Å²) in [5, 5.41) is 0.0483. The summed E-state index contributed by atoms with van der Waals surface area (Å²) in [5.41, 5.74) is -0.166. The molecule has 0 radical (unpaired) electrons. The summed E-state index contributed by atoms with van der Waals surface area (Å²) in [6, 6.07) is 9.50. The first-order valence-electron chi connectivity index (χ1n) is 6.13. The standard InChI is InChI=1S/C14H16N2O2S.Na/c1-3-14(9-10-7-5-4-6-8-10)11(17)15-13(19)16(2)12(14)18;/h4-8H,3,9H2,1-2H3,(H,15,17,19);/q;+1/p-1. The molecule has 1 aromatic rings. The molecule has 0 bridgehead atoms. The van der Waals surface area contributed by atoms with Gasteiger partial charge in [0, 0.05) is 7.05 Å². The van der Waals surface area contributed by atoms with E-state index in [0.29, 0.717) is 12.8 Å². The van der Waals surface area contributed by atoms with Crippen molar-refractivity contribution >= 4 is 29.6 Å². The number of hydrogen-bond acceptors (Lipinski definition) is 3. The molecule has 1 unspecified atom stereocenters. The molecule has 0 saturated carbocycles. The zero-order chi connectivity index (χ0) is 14.0. The molecule has 0 aliphatic carbocycles. The Bertz CT molecular complexity index is 547. The van der Waals surface area contributed by atoms with Crippen molar-refractivity contribution in [3.63, 3.8) is 0 Å². The van der Waals surface area contributed by atoms with E-state index < -0.39 is 11.3 Å². The molecule has 1 aliphatic heterocycles. The maximum atomic E-state index is 12.5. The van der Waals surface area contributed by atoms with Crippen LogP contribution in [0.2, 0.25) is 0 Å². The van der Waals surface area contributed by atoms with Gasteiger partial charge in [0.2, 0.25) is 5.91 Å². The zero-order valence-electron chi connectivity index (χ0n) is 11.9. The van der Waals surface area contributed by atoms with Gasteiger partial charge in [-0.1, -0.05) is 37.3 Å². The monoisotopic (exact) mass is 298 g/mol. The minimum Gasteiger partial charge on any atom is -0.742 e. The Kier molecular flexibility index (Phi) is 5.89. The van der Waals surface area contributed by atoms with Gasteiger partial charge in [-0.15, -0.1) is 0 Å². The summed E-state index contributed by atoms with van der Waals surface area (Å²) in [5.74, 6) is -0.684. The Labute approximate surface area is 146 Å². The first kappa shape index (κ1) is 17.3. The van der Waals surface area contributed by atoms with E-state index in [2.05, 4.69) is 4.99 Å². The first-order chi connectivity index (χ1) is 9.01. The summed E-state index contributed by atoms with van der Waals surface area (Å²) in [6.07, 6.45) is 0.772. The number of rotatable bonds is 3. The largest absolute Gasteiger partial charge is 1.00 e. The topological polar surface area (TPSA) is 49.7 Å². The molecule has 1 heterocycles. The van der Waals surface area contributed by atoms with Crippen LogP contribution in [0.5, 0.6) is 0 Å². The fourth-order valence-electron chi connectivity index (χ4n) is 2.29. The molecule has 2 amide bonds. The van der Waals surface area contributed by atoms with Crippen molar-refractivity contribution in [3.05, 3.63) is 35.9 Å². The van der Waals surface area contributed by atoms with Crippen molar-refractivity contribution in [1.82, 2.24) is 4.90 Å². The molecule has 1 aliphatic rings. The van der Waals surface area contributed by atoms with Crippen LogP contribution in [0.1, 0.15) is 18.9 Å². The fraction of sp³-hybridized carbons (Fsp3) is 0.357. The average molecular weight is 298 g/mol. The minimum atomic E-state index is -1.11. The van der Waals surface area contributed by atoms with Crippen LogP contribution in [-0.2, 0) is 28.6 Å². The van der Waals surface area contributed by atoms with Gasteiger partial charge in [-0.25, -0.2) is 4.99 Å². The van der Waals surface area contributed by atoms with Crippen molar-refractivity contribution in [2.24, 2.45) is 10.4 Å². The van der Waals surface area contributed by atoms with E-state index in [0.717, 1.165) is 5.56 Å². The molecule has 0 spiro atoms. The normalized spacial score (nSPS) is 22.3. The van der Waals surface area contributed by atoms with Gasteiger partial charge in [-0.3, -0.25) is 9.59 Å². The SMILES string of the molecule is CCC1(Cc2ccccc2)C(=O)N=C([S-])N(C)C1=O.[Na+]. The molecule has 0 saturated heterocycles. The van der Waals surface area contributed by atoms with Crippen LogP contribution in [0.4, 0.5) is 0 Å². The molecule has 2 rings (SSSR count). The molecule has 1 atom stereocenters. The number of benzene rings is 1. The molecule has 0 N–H and O–H groups in total. The summed E-state index contributed by atoms with van der Waals surface area (Å²) in [7, 11) is 1.57. The Morgan fingerprint density at radius 2 is 1.85 bits per heavy atom. The van der Waals surface area contributed by atoms with E-state index in [-0.39, 0.29) is 40.6 Å². The quantitative estimate of drug-likeness (QED) is 0.389. The van der Waals surface area contributed by atoms with Gasteiger partial charge in [0.1, 0.15) is 5.41 Å². The van der Waals surface area contributed by atoms with Crippen LogP contribution in [0.3, 0.4) is 0 Å². The molecule has 0 aromatic heterocycles. The third kappa shape index (κ3) is 2.96. The molecular formula is C14H15N2NaO2S. The number of amidine groups is 1. The second-order valence-electron chi connectivity index (χ2n) is 4.66. The maximum absolute atomic E-state index is 12.5. The molecule has 6 heteroatoms. The summed E-state index contributed by atoms with van der Waals surface area (Å²) < 4.78 is 0. The van der Waals surface area contributed by atoms with E-state index in [1.54, 1.807) is 7.05 Å². The van der Waals surface area contributed by atoms with Crippen molar-refractivity contribution in [2.75, 3.05) is 7.05 Å². The minimum absolute atomic E-state index is 0. The second kappa shape index (κ2) is 6.80. The van der Waals surface area contributed by atoms with Gasteiger partial charge in [0.05, 0.1) is 0 Å². The first-order valence-corrected chi connectivity index (χ1v) is 6.54. The number of nitrogens with zero attached hydrogens (tertiary/aromatic N) is 2. The van der Waals surface area contributed by atoms with E-state index in [9.17, 15) is 9.59 Å². The van der Waals surface area contributed by atoms with Crippen LogP contribution in [0, 0.1) is 5.41 Å². The molecule has 0 fully saturated rings. The van der Waals surface area contributed by atoms with E-state index in [1.807, 2.05) is 37.3 Å². The maximum Gasteiger partial charge on any atom is 1.00 e. The van der Waals surface area contributed by atoms with Gasteiger partial charge in [-0.2, -0.15) is 0 Å². The molecular weight excluding hydrogens is 283 g/mol. The molecule has 20 heavy (non-hydrogen) atoms. The fourth-order valence-corrected chi connectivity index (χ4v) is 2.46. The van der Waals surface area contributed by atoms with Crippen LogP contribution < -0.4 is 29.6 Å². The smallest absolute Gasteiger partial charge is 0.742 e. The third-order valence-electron chi connectivity index (χ3n) is 3.56. The van der Waals surface area contributed by atoms with Gasteiger partial charge < -0.3 is 17.5 Å². The summed E-state index contributed by atoms with van der Waals surface area (Å²) in [4.78, 5) is 29.8. The summed E-state index contributed by atoms with van der Waals surface area (Å²) in [6.45, 7) is 1.83. The van der Waals surface area contributed by atoms with Crippen molar-refractivity contribution in [3.8, 4) is 0 Å². The Morgan fingerprint density at radius 1 is 1.25 bits per heavy atom. The Hall–Kier alpha value is -0.750. The van der Waals surface area contributed by atoms with Crippen molar-refractivity contribution < 1.29 is 39.1 Å². The second-order valence-corrected chi connectivity index (χ2v) is 5.03.